The standard InChI is InChI=1S/C21H20FN5OS/c22-17-6-5-15(26-19(28)18-7-4-13(10-23)11-25-18)9-16(17)21-8-2-1-3-14(21)12-29-20(24)27-21/h4-7,9,11,14H,1-3,8,12H2,(H2,24,27)(H,26,28). The van der Waals surface area contributed by atoms with Crippen molar-refractivity contribution in [1.82, 2.24) is 4.98 Å². The van der Waals surface area contributed by atoms with Gasteiger partial charge in [0.15, 0.2) is 5.17 Å². The molecule has 2 unspecified atom stereocenters. The van der Waals surface area contributed by atoms with Gasteiger partial charge in [-0.3, -0.25) is 9.79 Å². The Morgan fingerprint density at radius 2 is 2.21 bits per heavy atom. The molecule has 0 radical (unpaired) electrons. The third kappa shape index (κ3) is 3.70. The average molecular weight is 409 g/mol. The van der Waals surface area contributed by atoms with E-state index in [0.717, 1.165) is 31.4 Å². The number of benzene rings is 1. The molecule has 2 heterocycles. The van der Waals surface area contributed by atoms with Crippen LogP contribution in [0.15, 0.2) is 41.5 Å². The Morgan fingerprint density at radius 3 is 2.97 bits per heavy atom. The van der Waals surface area contributed by atoms with E-state index in [4.69, 9.17) is 16.0 Å². The van der Waals surface area contributed by atoms with Gasteiger partial charge in [-0.05, 0) is 49.1 Å². The van der Waals surface area contributed by atoms with Crippen LogP contribution in [0.2, 0.25) is 0 Å². The third-order valence-corrected chi connectivity index (χ3v) is 6.55. The van der Waals surface area contributed by atoms with Gasteiger partial charge in [-0.15, -0.1) is 0 Å². The van der Waals surface area contributed by atoms with E-state index < -0.39 is 11.4 Å². The summed E-state index contributed by atoms with van der Waals surface area (Å²) in [6, 6.07) is 9.54. The van der Waals surface area contributed by atoms with E-state index in [1.165, 1.54) is 42.2 Å². The van der Waals surface area contributed by atoms with E-state index in [1.807, 2.05) is 6.07 Å². The number of nitriles is 1. The molecule has 1 fully saturated rings. The molecule has 2 aliphatic rings. The Kier molecular flexibility index (Phi) is 5.24. The van der Waals surface area contributed by atoms with Gasteiger partial charge < -0.3 is 11.1 Å². The Bertz CT molecular complexity index is 1020. The summed E-state index contributed by atoms with van der Waals surface area (Å²) >= 11 is 1.52. The lowest BCUT2D eigenvalue weighted by molar-refractivity contribution is 0.102. The van der Waals surface area contributed by atoms with Gasteiger partial charge in [0.05, 0.1) is 11.1 Å². The number of nitrogens with two attached hydrogens (primary N) is 1. The summed E-state index contributed by atoms with van der Waals surface area (Å²) in [5, 5.41) is 12.1. The molecule has 29 heavy (non-hydrogen) atoms. The topological polar surface area (TPSA) is 104 Å². The summed E-state index contributed by atoms with van der Waals surface area (Å²) in [6.07, 6.45) is 5.13. The van der Waals surface area contributed by atoms with Gasteiger partial charge in [-0.25, -0.2) is 9.37 Å². The molecular weight excluding hydrogens is 389 g/mol. The fourth-order valence-corrected chi connectivity index (χ4v) is 5.19. The van der Waals surface area contributed by atoms with Crippen LogP contribution in [0.4, 0.5) is 10.1 Å². The van der Waals surface area contributed by atoms with E-state index in [-0.39, 0.29) is 17.4 Å². The Balaban J connectivity index is 1.66. The van der Waals surface area contributed by atoms with Crippen LogP contribution < -0.4 is 11.1 Å². The van der Waals surface area contributed by atoms with E-state index in [0.29, 0.717) is 22.0 Å². The van der Waals surface area contributed by atoms with Gasteiger partial charge in [0, 0.05) is 23.2 Å². The maximum Gasteiger partial charge on any atom is 0.274 e. The Morgan fingerprint density at radius 1 is 1.34 bits per heavy atom. The fraction of sp³-hybridized carbons (Fsp3) is 0.333. The SMILES string of the molecule is N#Cc1ccc(C(=O)Nc2ccc(F)c(C34CCCCC3CSC(N)=N4)c2)nc1. The first-order valence-corrected chi connectivity index (χ1v) is 10.5. The van der Waals surface area contributed by atoms with E-state index in [9.17, 15) is 9.18 Å². The first-order chi connectivity index (χ1) is 14.0. The minimum absolute atomic E-state index is 0.180. The van der Waals surface area contributed by atoms with Crippen LogP contribution in [0.1, 0.15) is 47.3 Å². The first kappa shape index (κ1) is 19.4. The molecule has 1 saturated carbocycles. The van der Waals surface area contributed by atoms with Crippen LogP contribution in [0.5, 0.6) is 0 Å². The zero-order valence-corrected chi connectivity index (χ0v) is 16.5. The second kappa shape index (κ2) is 7.84. The van der Waals surface area contributed by atoms with Crippen molar-refractivity contribution in [3.05, 3.63) is 59.2 Å². The molecule has 2 aromatic rings. The number of nitrogens with one attached hydrogen (secondary N) is 1. The van der Waals surface area contributed by atoms with Gasteiger partial charge in [0.2, 0.25) is 0 Å². The van der Waals surface area contributed by atoms with Crippen LogP contribution in [-0.2, 0) is 5.54 Å². The average Bonchev–Trinajstić information content (AvgIpc) is 2.74. The number of halogens is 1. The third-order valence-electron chi connectivity index (χ3n) is 5.59. The lowest BCUT2D eigenvalue weighted by Crippen LogP contribution is -2.43. The van der Waals surface area contributed by atoms with Crippen molar-refractivity contribution in [1.29, 1.82) is 5.26 Å². The minimum atomic E-state index is -0.675. The van der Waals surface area contributed by atoms with Crippen LogP contribution >= 0.6 is 11.8 Å². The number of carbonyl (C=O) groups is 1. The maximum atomic E-state index is 14.9. The minimum Gasteiger partial charge on any atom is -0.379 e. The van der Waals surface area contributed by atoms with Crippen LogP contribution in [-0.4, -0.2) is 21.8 Å². The van der Waals surface area contributed by atoms with Crippen molar-refractivity contribution < 1.29 is 9.18 Å². The number of carbonyl (C=O) groups excluding carboxylic acids is 1. The van der Waals surface area contributed by atoms with Crippen molar-refractivity contribution in [2.75, 3.05) is 11.1 Å². The second-order valence-corrected chi connectivity index (χ2v) is 8.36. The van der Waals surface area contributed by atoms with Gasteiger partial charge in [-0.1, -0.05) is 24.6 Å². The molecule has 6 nitrogen and oxygen atoms in total. The molecule has 2 atom stereocenters. The van der Waals surface area contributed by atoms with Crippen molar-refractivity contribution >= 4 is 28.5 Å². The van der Waals surface area contributed by atoms with Crippen molar-refractivity contribution in [2.24, 2.45) is 16.6 Å². The molecule has 3 N–H and O–H groups in total. The van der Waals surface area contributed by atoms with Gasteiger partial charge in [0.25, 0.3) is 5.91 Å². The van der Waals surface area contributed by atoms with E-state index in [1.54, 1.807) is 6.07 Å². The molecule has 8 heteroatoms. The molecule has 0 saturated heterocycles. The Labute approximate surface area is 172 Å². The number of fused-ring (bicyclic) bond motifs is 1. The van der Waals surface area contributed by atoms with Gasteiger partial charge in [0.1, 0.15) is 17.6 Å². The number of aromatic nitrogens is 1. The monoisotopic (exact) mass is 409 g/mol. The lowest BCUT2D eigenvalue weighted by Gasteiger charge is -2.44. The van der Waals surface area contributed by atoms with Gasteiger partial charge in [-0.2, -0.15) is 5.26 Å². The fourth-order valence-electron chi connectivity index (χ4n) is 4.15. The lowest BCUT2D eigenvalue weighted by atomic mass is 9.69. The highest BCUT2D eigenvalue weighted by atomic mass is 32.2. The molecular formula is C21H20FN5OS. The normalized spacial score (nSPS) is 23.4. The summed E-state index contributed by atoms with van der Waals surface area (Å²) in [5.41, 5.74) is 6.86. The molecule has 1 aliphatic carbocycles. The van der Waals surface area contributed by atoms with Crippen molar-refractivity contribution in [3.8, 4) is 6.07 Å². The van der Waals surface area contributed by atoms with Crippen molar-refractivity contribution in [3.63, 3.8) is 0 Å². The number of hydrogen-bond donors (Lipinski definition) is 2. The molecule has 148 valence electrons. The highest BCUT2D eigenvalue weighted by Crippen LogP contribution is 2.50. The number of thioether (sulfide) groups is 1. The molecule has 0 bridgehead atoms. The second-order valence-electron chi connectivity index (χ2n) is 7.32. The number of nitrogens with zero attached hydrogens (tertiary/aromatic N) is 3. The number of aliphatic imine (C=N–C) groups is 1. The smallest absolute Gasteiger partial charge is 0.274 e. The summed E-state index contributed by atoms with van der Waals surface area (Å²) in [4.78, 5) is 21.2. The summed E-state index contributed by atoms with van der Waals surface area (Å²) in [7, 11) is 0. The molecule has 0 spiro atoms. The number of amides is 1. The highest BCUT2D eigenvalue weighted by molar-refractivity contribution is 8.13. The molecule has 4 rings (SSSR count). The number of anilines is 1. The zero-order chi connectivity index (χ0) is 20.4. The Hall–Kier alpha value is -2.92. The van der Waals surface area contributed by atoms with E-state index in [2.05, 4.69) is 10.3 Å². The van der Waals surface area contributed by atoms with Crippen LogP contribution in [0.3, 0.4) is 0 Å². The summed E-state index contributed by atoms with van der Waals surface area (Å²) in [5.74, 6) is 0.275. The predicted molar refractivity (Wildman–Crippen MR) is 111 cm³/mol. The van der Waals surface area contributed by atoms with Crippen LogP contribution in [0.25, 0.3) is 0 Å². The zero-order valence-electron chi connectivity index (χ0n) is 15.7. The summed E-state index contributed by atoms with van der Waals surface area (Å²) < 4.78 is 14.9. The molecule has 1 amide bonds. The number of pyridine rings is 1. The quantitative estimate of drug-likeness (QED) is 0.803. The number of amidine groups is 1. The number of hydrogen-bond acceptors (Lipinski definition) is 6. The van der Waals surface area contributed by atoms with Crippen LogP contribution in [0, 0.1) is 23.1 Å². The molecule has 1 aromatic heterocycles. The largest absolute Gasteiger partial charge is 0.379 e. The maximum absolute atomic E-state index is 14.9. The summed E-state index contributed by atoms with van der Waals surface area (Å²) in [6.45, 7) is 0. The highest BCUT2D eigenvalue weighted by Gasteiger charge is 2.46. The molecule has 1 aromatic carbocycles. The van der Waals surface area contributed by atoms with Gasteiger partial charge >= 0.3 is 0 Å². The molecule has 1 aliphatic heterocycles. The first-order valence-electron chi connectivity index (χ1n) is 9.47. The predicted octanol–water partition coefficient (Wildman–Crippen LogP) is 3.79. The van der Waals surface area contributed by atoms with Crippen molar-refractivity contribution in [2.45, 2.75) is 31.2 Å². The number of rotatable bonds is 3. The van der Waals surface area contributed by atoms with E-state index >= 15 is 0 Å².